The van der Waals surface area contributed by atoms with E-state index in [1.165, 1.54) is 6.07 Å². The Balaban J connectivity index is 0.00000200. The molecule has 20 heavy (non-hydrogen) atoms. The molecular formula is C13H19Cl2N3O2. The van der Waals surface area contributed by atoms with Gasteiger partial charge in [-0.1, -0.05) is 17.7 Å². The van der Waals surface area contributed by atoms with Crippen molar-refractivity contribution in [1.29, 1.82) is 0 Å². The average molecular weight is 320 g/mol. The van der Waals surface area contributed by atoms with E-state index < -0.39 is 4.92 Å². The molecule has 7 heteroatoms. The van der Waals surface area contributed by atoms with Gasteiger partial charge >= 0.3 is 0 Å². The third-order valence-corrected chi connectivity index (χ3v) is 3.97. The zero-order valence-electron chi connectivity index (χ0n) is 11.3. The molecule has 0 amide bonds. The van der Waals surface area contributed by atoms with Crippen LogP contribution in [0.2, 0.25) is 5.02 Å². The van der Waals surface area contributed by atoms with Crippen molar-refractivity contribution >= 4 is 29.7 Å². The summed E-state index contributed by atoms with van der Waals surface area (Å²) in [5, 5.41) is 10.9. The van der Waals surface area contributed by atoms with E-state index in [9.17, 15) is 10.1 Å². The predicted octanol–water partition coefficient (Wildman–Crippen LogP) is 2.84. The summed E-state index contributed by atoms with van der Waals surface area (Å²) < 4.78 is 0. The molecular weight excluding hydrogens is 301 g/mol. The number of hydrogen-bond donors (Lipinski definition) is 1. The molecule has 112 valence electrons. The minimum absolute atomic E-state index is 0. The van der Waals surface area contributed by atoms with Crippen LogP contribution < -0.4 is 5.73 Å². The molecule has 2 atom stereocenters. The van der Waals surface area contributed by atoms with E-state index in [1.54, 1.807) is 12.1 Å². The lowest BCUT2D eigenvalue weighted by atomic mass is 10.0. The van der Waals surface area contributed by atoms with Crippen LogP contribution in [-0.2, 0) is 6.54 Å². The summed E-state index contributed by atoms with van der Waals surface area (Å²) in [4.78, 5) is 12.5. The summed E-state index contributed by atoms with van der Waals surface area (Å²) in [6.07, 6.45) is 1.11. The second-order valence-corrected chi connectivity index (χ2v) is 5.59. The Kier molecular flexibility index (Phi) is 6.20. The van der Waals surface area contributed by atoms with Crippen molar-refractivity contribution in [2.24, 2.45) is 11.7 Å². The van der Waals surface area contributed by atoms with Crippen LogP contribution >= 0.6 is 24.0 Å². The van der Waals surface area contributed by atoms with Gasteiger partial charge in [0.25, 0.3) is 5.69 Å². The minimum atomic E-state index is -0.464. The van der Waals surface area contributed by atoms with Crippen molar-refractivity contribution in [1.82, 2.24) is 4.90 Å². The van der Waals surface area contributed by atoms with Gasteiger partial charge in [0, 0.05) is 25.2 Å². The summed E-state index contributed by atoms with van der Waals surface area (Å²) in [7, 11) is 0. The average Bonchev–Trinajstić information content (AvgIpc) is 2.77. The lowest BCUT2D eigenvalue weighted by molar-refractivity contribution is -0.384. The molecule has 0 bridgehead atoms. The number of nitro groups is 1. The van der Waals surface area contributed by atoms with Gasteiger partial charge in [-0.25, -0.2) is 0 Å². The van der Waals surface area contributed by atoms with Crippen LogP contribution in [0.25, 0.3) is 0 Å². The smallest absolute Gasteiger partial charge is 0.287 e. The van der Waals surface area contributed by atoms with Gasteiger partial charge < -0.3 is 5.73 Å². The van der Waals surface area contributed by atoms with Gasteiger partial charge in [0.2, 0.25) is 0 Å². The third-order valence-electron chi connectivity index (χ3n) is 3.67. The first kappa shape index (κ1) is 17.2. The zero-order chi connectivity index (χ0) is 14.0. The highest BCUT2D eigenvalue weighted by Gasteiger charge is 2.25. The van der Waals surface area contributed by atoms with Gasteiger partial charge in [-0.3, -0.25) is 15.0 Å². The van der Waals surface area contributed by atoms with Crippen molar-refractivity contribution in [2.45, 2.75) is 25.9 Å². The zero-order valence-corrected chi connectivity index (χ0v) is 12.9. The summed E-state index contributed by atoms with van der Waals surface area (Å²) in [6, 6.07) is 5.13. The largest absolute Gasteiger partial charge is 0.328 e. The van der Waals surface area contributed by atoms with E-state index in [-0.39, 0.29) is 29.2 Å². The van der Waals surface area contributed by atoms with Crippen LogP contribution in [0.3, 0.4) is 0 Å². The molecule has 2 N–H and O–H groups in total. The van der Waals surface area contributed by atoms with Gasteiger partial charge in [0.05, 0.1) is 4.92 Å². The maximum atomic E-state index is 10.7. The lowest BCUT2D eigenvalue weighted by Crippen LogP contribution is -2.29. The van der Waals surface area contributed by atoms with Crippen molar-refractivity contribution in [3.05, 3.63) is 38.9 Å². The third kappa shape index (κ3) is 4.06. The summed E-state index contributed by atoms with van der Waals surface area (Å²) in [5.41, 5.74) is 6.87. The monoisotopic (exact) mass is 319 g/mol. The molecule has 0 radical (unpaired) electrons. The van der Waals surface area contributed by atoms with E-state index in [0.29, 0.717) is 5.92 Å². The van der Waals surface area contributed by atoms with Crippen LogP contribution in [0.4, 0.5) is 5.69 Å². The Hall–Kier alpha value is -0.880. The highest BCUT2D eigenvalue weighted by Crippen LogP contribution is 2.27. The first-order chi connectivity index (χ1) is 8.97. The van der Waals surface area contributed by atoms with Crippen LogP contribution in [-0.4, -0.2) is 29.0 Å². The summed E-state index contributed by atoms with van der Waals surface area (Å²) in [5.74, 6) is 0.536. The maximum absolute atomic E-state index is 10.7. The number of nitrogens with zero attached hydrogens (tertiary/aromatic N) is 2. The fraction of sp³-hybridized carbons (Fsp3) is 0.538. The highest BCUT2D eigenvalue weighted by atomic mass is 35.5. The number of halogens is 2. The molecule has 2 unspecified atom stereocenters. The summed E-state index contributed by atoms with van der Waals surface area (Å²) in [6.45, 7) is 4.80. The predicted molar refractivity (Wildman–Crippen MR) is 82.4 cm³/mol. The van der Waals surface area contributed by atoms with Crippen LogP contribution in [0.5, 0.6) is 0 Å². The number of rotatable bonds is 4. The van der Waals surface area contributed by atoms with Crippen LogP contribution in [0.1, 0.15) is 18.9 Å². The number of benzene rings is 1. The Labute approximate surface area is 129 Å². The molecule has 1 aromatic carbocycles. The lowest BCUT2D eigenvalue weighted by Gasteiger charge is -2.17. The maximum Gasteiger partial charge on any atom is 0.287 e. The van der Waals surface area contributed by atoms with E-state index in [1.807, 2.05) is 6.92 Å². The molecule has 0 aliphatic carbocycles. The first-order valence-electron chi connectivity index (χ1n) is 6.38. The number of nitrogens with two attached hydrogens (primary N) is 1. The van der Waals surface area contributed by atoms with Crippen molar-refractivity contribution < 1.29 is 4.92 Å². The minimum Gasteiger partial charge on any atom is -0.328 e. The molecule has 1 aliphatic rings. The standard InChI is InChI=1S/C13H18ClN3O2.ClH/c1-9(15)11-4-5-16(8-11)7-10-2-3-13(17(18)19)12(14)6-10;/h2-3,6,9,11H,4-5,7-8,15H2,1H3;1H. The van der Waals surface area contributed by atoms with Crippen LogP contribution in [0, 0.1) is 16.0 Å². The van der Waals surface area contributed by atoms with E-state index in [4.69, 9.17) is 17.3 Å². The van der Waals surface area contributed by atoms with Gasteiger partial charge in [0.1, 0.15) is 5.02 Å². The Bertz CT molecular complexity index is 483. The second-order valence-electron chi connectivity index (χ2n) is 5.19. The quantitative estimate of drug-likeness (QED) is 0.684. The van der Waals surface area contributed by atoms with Gasteiger partial charge in [0.15, 0.2) is 0 Å². The van der Waals surface area contributed by atoms with E-state index >= 15 is 0 Å². The normalized spacial score (nSPS) is 20.4. The summed E-state index contributed by atoms with van der Waals surface area (Å²) >= 11 is 5.91. The molecule has 0 aromatic heterocycles. The topological polar surface area (TPSA) is 72.4 Å². The Morgan fingerprint density at radius 1 is 1.60 bits per heavy atom. The fourth-order valence-corrected chi connectivity index (χ4v) is 2.76. The van der Waals surface area contributed by atoms with Gasteiger partial charge in [-0.15, -0.1) is 12.4 Å². The molecule has 1 aliphatic heterocycles. The Morgan fingerprint density at radius 3 is 2.80 bits per heavy atom. The van der Waals surface area contributed by atoms with E-state index in [2.05, 4.69) is 4.90 Å². The van der Waals surface area contributed by atoms with Gasteiger partial charge in [-0.05, 0) is 37.4 Å². The first-order valence-corrected chi connectivity index (χ1v) is 6.76. The molecule has 0 saturated carbocycles. The number of hydrogen-bond acceptors (Lipinski definition) is 4. The second kappa shape index (κ2) is 7.22. The number of nitro benzene ring substituents is 1. The molecule has 5 nitrogen and oxygen atoms in total. The Morgan fingerprint density at radius 2 is 2.30 bits per heavy atom. The number of likely N-dealkylation sites (tertiary alicyclic amines) is 1. The van der Waals surface area contributed by atoms with Crippen molar-refractivity contribution in [3.8, 4) is 0 Å². The molecule has 1 saturated heterocycles. The molecule has 1 fully saturated rings. The molecule has 0 spiro atoms. The van der Waals surface area contributed by atoms with Crippen molar-refractivity contribution in [2.75, 3.05) is 13.1 Å². The highest BCUT2D eigenvalue weighted by molar-refractivity contribution is 6.32. The molecule has 1 heterocycles. The van der Waals surface area contributed by atoms with E-state index in [0.717, 1.165) is 31.6 Å². The van der Waals surface area contributed by atoms with Crippen molar-refractivity contribution in [3.63, 3.8) is 0 Å². The molecule has 2 rings (SSSR count). The van der Waals surface area contributed by atoms with Gasteiger partial charge in [-0.2, -0.15) is 0 Å². The SMILES string of the molecule is CC(N)C1CCN(Cc2ccc([N+](=O)[O-])c(Cl)c2)C1.Cl. The van der Waals surface area contributed by atoms with Crippen LogP contribution in [0.15, 0.2) is 18.2 Å². The fourth-order valence-electron chi connectivity index (χ4n) is 2.49. The molecule has 1 aromatic rings.